The van der Waals surface area contributed by atoms with Crippen molar-refractivity contribution in [2.45, 2.75) is 0 Å². The number of nitrogen functional groups attached to an aromatic ring is 1. The van der Waals surface area contributed by atoms with Crippen LogP contribution in [0.1, 0.15) is 0 Å². The van der Waals surface area contributed by atoms with Gasteiger partial charge in [-0.3, -0.25) is 4.98 Å². The average Bonchev–Trinajstić information content (AvgIpc) is 2.44. The van der Waals surface area contributed by atoms with Gasteiger partial charge in [-0.15, -0.1) is 0 Å². The molecule has 0 saturated heterocycles. The number of nitrogens with zero attached hydrogens (tertiary/aromatic N) is 1. The van der Waals surface area contributed by atoms with Crippen LogP contribution in [0.5, 0.6) is 0 Å². The highest BCUT2D eigenvalue weighted by atomic mass is 127. The van der Waals surface area contributed by atoms with Crippen LogP contribution >= 0.6 is 38.5 Å². The van der Waals surface area contributed by atoms with Crippen molar-refractivity contribution in [3.8, 4) is 0 Å². The topological polar surface area (TPSA) is 50.9 Å². The first-order valence-corrected chi connectivity index (χ1v) is 7.97. The third-order valence-electron chi connectivity index (χ3n) is 3.05. The molecule has 3 nitrogen and oxygen atoms in total. The molecular formula is C15H10BrFIN3. The van der Waals surface area contributed by atoms with E-state index in [-0.39, 0.29) is 5.82 Å². The van der Waals surface area contributed by atoms with Gasteiger partial charge in [-0.2, -0.15) is 0 Å². The summed E-state index contributed by atoms with van der Waals surface area (Å²) in [5.41, 5.74) is 9.00. The lowest BCUT2D eigenvalue weighted by molar-refractivity contribution is 0.627. The van der Waals surface area contributed by atoms with E-state index in [0.29, 0.717) is 5.69 Å². The second kappa shape index (κ2) is 5.76. The van der Waals surface area contributed by atoms with E-state index in [2.05, 4.69) is 48.8 Å². The summed E-state index contributed by atoms with van der Waals surface area (Å²) >= 11 is 5.54. The van der Waals surface area contributed by atoms with Crippen molar-refractivity contribution in [3.63, 3.8) is 0 Å². The standard InChI is InChI=1S/C15H10BrFIN3/c16-8-1-3-13-10(5-8)15(12(19)7-20-13)21-14-4-2-9(17)6-11(14)18/h1-7H,19H2,(H,20,21). The van der Waals surface area contributed by atoms with Crippen molar-refractivity contribution >= 4 is 66.5 Å². The fourth-order valence-corrected chi connectivity index (χ4v) is 3.02. The molecule has 0 saturated carbocycles. The molecule has 21 heavy (non-hydrogen) atoms. The molecule has 0 aliphatic carbocycles. The summed E-state index contributed by atoms with van der Waals surface area (Å²) in [6.07, 6.45) is 1.62. The van der Waals surface area contributed by atoms with Crippen molar-refractivity contribution in [2.24, 2.45) is 0 Å². The molecule has 0 amide bonds. The Kier molecular flexibility index (Phi) is 3.99. The van der Waals surface area contributed by atoms with Crippen LogP contribution in [-0.2, 0) is 0 Å². The van der Waals surface area contributed by atoms with Crippen LogP contribution in [-0.4, -0.2) is 4.98 Å². The molecule has 0 unspecified atom stereocenters. The summed E-state index contributed by atoms with van der Waals surface area (Å²) in [5, 5.41) is 4.18. The molecule has 1 aromatic heterocycles. The van der Waals surface area contributed by atoms with Crippen LogP contribution in [0.3, 0.4) is 0 Å². The summed E-state index contributed by atoms with van der Waals surface area (Å²) in [6.45, 7) is 0. The van der Waals surface area contributed by atoms with Crippen LogP contribution in [0.2, 0.25) is 0 Å². The lowest BCUT2D eigenvalue weighted by atomic mass is 10.1. The molecule has 0 spiro atoms. The van der Waals surface area contributed by atoms with Crippen molar-refractivity contribution < 1.29 is 4.39 Å². The first kappa shape index (κ1) is 14.5. The molecule has 0 atom stereocenters. The van der Waals surface area contributed by atoms with Gasteiger partial charge in [0.1, 0.15) is 5.82 Å². The van der Waals surface area contributed by atoms with Gasteiger partial charge in [0.15, 0.2) is 0 Å². The number of hydrogen-bond acceptors (Lipinski definition) is 3. The highest BCUT2D eigenvalue weighted by Crippen LogP contribution is 2.33. The Hall–Kier alpha value is -1.41. The molecule has 0 bridgehead atoms. The third-order valence-corrected chi connectivity index (χ3v) is 4.44. The number of aromatic nitrogens is 1. The number of rotatable bonds is 2. The molecule has 0 aliphatic rings. The number of fused-ring (bicyclic) bond motifs is 1. The number of nitrogens with one attached hydrogen (secondary N) is 1. The zero-order valence-electron chi connectivity index (χ0n) is 10.7. The molecule has 3 rings (SSSR count). The van der Waals surface area contributed by atoms with Crippen LogP contribution in [0, 0.1) is 9.39 Å². The Labute approximate surface area is 143 Å². The number of anilines is 3. The predicted molar refractivity (Wildman–Crippen MR) is 96.3 cm³/mol. The molecule has 106 valence electrons. The molecule has 1 heterocycles. The van der Waals surface area contributed by atoms with E-state index >= 15 is 0 Å². The van der Waals surface area contributed by atoms with Gasteiger partial charge in [0.2, 0.25) is 0 Å². The molecule has 2 aromatic carbocycles. The molecule has 0 radical (unpaired) electrons. The molecule has 3 aromatic rings. The maximum Gasteiger partial charge on any atom is 0.124 e. The number of benzene rings is 2. The van der Waals surface area contributed by atoms with Gasteiger partial charge in [0.25, 0.3) is 0 Å². The molecule has 0 fully saturated rings. The van der Waals surface area contributed by atoms with Crippen molar-refractivity contribution in [1.29, 1.82) is 0 Å². The third kappa shape index (κ3) is 2.96. The number of halogens is 3. The minimum Gasteiger partial charge on any atom is -0.396 e. The normalized spacial score (nSPS) is 10.8. The first-order chi connectivity index (χ1) is 10.0. The molecular weight excluding hydrogens is 448 g/mol. The van der Waals surface area contributed by atoms with Gasteiger partial charge in [0, 0.05) is 13.4 Å². The summed E-state index contributed by atoms with van der Waals surface area (Å²) in [5.74, 6) is -0.264. The minimum absolute atomic E-state index is 0.264. The molecule has 0 aliphatic heterocycles. The Morgan fingerprint density at radius 1 is 1.19 bits per heavy atom. The van der Waals surface area contributed by atoms with Crippen LogP contribution < -0.4 is 11.1 Å². The molecule has 3 N–H and O–H groups in total. The van der Waals surface area contributed by atoms with Gasteiger partial charge < -0.3 is 11.1 Å². The lowest BCUT2D eigenvalue weighted by Gasteiger charge is -2.14. The monoisotopic (exact) mass is 457 g/mol. The summed E-state index contributed by atoms with van der Waals surface area (Å²) in [6, 6.07) is 10.4. The Morgan fingerprint density at radius 3 is 2.76 bits per heavy atom. The number of pyridine rings is 1. The molecule has 6 heteroatoms. The van der Waals surface area contributed by atoms with E-state index in [9.17, 15) is 4.39 Å². The zero-order valence-corrected chi connectivity index (χ0v) is 14.4. The minimum atomic E-state index is -0.264. The van der Waals surface area contributed by atoms with Crippen LogP contribution in [0.25, 0.3) is 10.9 Å². The Balaban J connectivity index is 2.15. The second-order valence-electron chi connectivity index (χ2n) is 4.50. The zero-order chi connectivity index (χ0) is 15.0. The van der Waals surface area contributed by atoms with E-state index in [1.165, 1.54) is 12.1 Å². The van der Waals surface area contributed by atoms with E-state index < -0.39 is 0 Å². The first-order valence-electron chi connectivity index (χ1n) is 6.10. The summed E-state index contributed by atoms with van der Waals surface area (Å²) in [4.78, 5) is 4.31. The van der Waals surface area contributed by atoms with E-state index in [0.717, 1.165) is 30.3 Å². The van der Waals surface area contributed by atoms with Gasteiger partial charge in [-0.1, -0.05) is 15.9 Å². The smallest absolute Gasteiger partial charge is 0.124 e. The summed E-state index contributed by atoms with van der Waals surface area (Å²) in [7, 11) is 0. The van der Waals surface area contributed by atoms with E-state index in [1.807, 2.05) is 18.2 Å². The second-order valence-corrected chi connectivity index (χ2v) is 6.58. The maximum atomic E-state index is 13.2. The fourth-order valence-electron chi connectivity index (χ4n) is 2.05. The maximum absolute atomic E-state index is 13.2. The summed E-state index contributed by atoms with van der Waals surface area (Å²) < 4.78 is 14.9. The quantitative estimate of drug-likeness (QED) is 0.528. The van der Waals surface area contributed by atoms with E-state index in [1.54, 1.807) is 12.3 Å². The Bertz CT molecular complexity index is 833. The lowest BCUT2D eigenvalue weighted by Crippen LogP contribution is -2.00. The van der Waals surface area contributed by atoms with E-state index in [4.69, 9.17) is 5.73 Å². The largest absolute Gasteiger partial charge is 0.396 e. The Morgan fingerprint density at radius 2 is 2.00 bits per heavy atom. The predicted octanol–water partition coefficient (Wildman–Crippen LogP) is 5.07. The van der Waals surface area contributed by atoms with Gasteiger partial charge >= 0.3 is 0 Å². The fraction of sp³-hybridized carbons (Fsp3) is 0. The van der Waals surface area contributed by atoms with Crippen molar-refractivity contribution in [3.05, 3.63) is 56.5 Å². The van der Waals surface area contributed by atoms with Crippen molar-refractivity contribution in [1.82, 2.24) is 4.98 Å². The van der Waals surface area contributed by atoms with Gasteiger partial charge in [-0.25, -0.2) is 4.39 Å². The van der Waals surface area contributed by atoms with Crippen LogP contribution in [0.4, 0.5) is 21.5 Å². The number of nitrogens with two attached hydrogens (primary N) is 1. The number of hydrogen-bond donors (Lipinski definition) is 2. The van der Waals surface area contributed by atoms with Crippen molar-refractivity contribution in [2.75, 3.05) is 11.1 Å². The highest BCUT2D eigenvalue weighted by Gasteiger charge is 2.10. The van der Waals surface area contributed by atoms with Crippen LogP contribution in [0.15, 0.2) is 47.1 Å². The SMILES string of the molecule is Nc1cnc2ccc(Br)cc2c1Nc1ccc(F)cc1I. The highest BCUT2D eigenvalue weighted by molar-refractivity contribution is 14.1. The average molecular weight is 458 g/mol. The van der Waals surface area contributed by atoms with Gasteiger partial charge in [-0.05, 0) is 59.0 Å². The van der Waals surface area contributed by atoms with Gasteiger partial charge in [0.05, 0.1) is 28.8 Å².